The van der Waals surface area contributed by atoms with Crippen LogP contribution in [0, 0.1) is 12.8 Å². The van der Waals surface area contributed by atoms with Gasteiger partial charge in [0.1, 0.15) is 11.5 Å². The number of hydrogen-bond donors (Lipinski definition) is 3. The molecule has 0 saturated carbocycles. The van der Waals surface area contributed by atoms with Crippen LogP contribution in [-0.4, -0.2) is 94.0 Å². The number of aliphatic hydroxyl groups excluding tert-OH is 1. The summed E-state index contributed by atoms with van der Waals surface area (Å²) < 4.78 is 46.9. The highest BCUT2D eigenvalue weighted by molar-refractivity contribution is 7.92. The molecule has 1 heterocycles. The van der Waals surface area contributed by atoms with Gasteiger partial charge < -0.3 is 34.4 Å². The van der Waals surface area contributed by atoms with Gasteiger partial charge in [-0.25, -0.2) is 13.2 Å². The van der Waals surface area contributed by atoms with Gasteiger partial charge in [-0.05, 0) is 94.6 Å². The molecule has 3 aromatic carbocycles. The maximum atomic E-state index is 14.4. The number of benzene rings is 3. The summed E-state index contributed by atoms with van der Waals surface area (Å²) in [6.07, 6.45) is 1.58. The van der Waals surface area contributed by atoms with Gasteiger partial charge in [-0.2, -0.15) is 0 Å². The highest BCUT2D eigenvalue weighted by atomic mass is 32.2. The SMILES string of the molecule is COc1ccc(NC(=O)N(C)C[C@H]2OCCCC[C@H](C)Oc3ccc(NS(=O)(=O)c4ccc(C)cc4)cc3C(=O)N([C@@H](C)CO)C[C@@H]2C)cc1. The summed E-state index contributed by atoms with van der Waals surface area (Å²) in [7, 11) is -0.677. The molecule has 0 aromatic heterocycles. The first-order valence-corrected chi connectivity index (χ1v) is 18.4. The van der Waals surface area contributed by atoms with E-state index < -0.39 is 28.1 Å². The summed E-state index contributed by atoms with van der Waals surface area (Å²) in [4.78, 5) is 30.8. The van der Waals surface area contributed by atoms with E-state index in [0.717, 1.165) is 18.4 Å². The molecule has 3 N–H and O–H groups in total. The number of likely N-dealkylation sites (N-methyl/N-ethyl adjacent to an activating group) is 1. The molecule has 13 heteroatoms. The van der Waals surface area contributed by atoms with Crippen LogP contribution < -0.4 is 19.5 Å². The van der Waals surface area contributed by atoms with E-state index in [-0.39, 0.29) is 53.9 Å². The first-order valence-electron chi connectivity index (χ1n) is 16.9. The number of aryl methyl sites for hydroxylation is 1. The summed E-state index contributed by atoms with van der Waals surface area (Å²) in [5.74, 6) is 0.304. The average molecular weight is 711 g/mol. The maximum absolute atomic E-state index is 14.4. The van der Waals surface area contributed by atoms with Crippen molar-refractivity contribution in [3.8, 4) is 11.5 Å². The van der Waals surface area contributed by atoms with Gasteiger partial charge >= 0.3 is 6.03 Å². The number of nitrogens with one attached hydrogen (secondary N) is 2. The minimum atomic E-state index is -3.94. The van der Waals surface area contributed by atoms with Gasteiger partial charge in [0.25, 0.3) is 15.9 Å². The largest absolute Gasteiger partial charge is 0.497 e. The van der Waals surface area contributed by atoms with E-state index in [1.165, 1.54) is 18.2 Å². The van der Waals surface area contributed by atoms with Crippen LogP contribution >= 0.6 is 0 Å². The molecule has 272 valence electrons. The summed E-state index contributed by atoms with van der Waals surface area (Å²) in [5.41, 5.74) is 1.91. The van der Waals surface area contributed by atoms with Gasteiger partial charge in [0.15, 0.2) is 0 Å². The first kappa shape index (κ1) is 38.5. The third-order valence-corrected chi connectivity index (χ3v) is 10.2. The molecule has 4 rings (SSSR count). The number of hydrogen-bond acceptors (Lipinski definition) is 8. The Morgan fingerprint density at radius 2 is 1.74 bits per heavy atom. The van der Waals surface area contributed by atoms with E-state index >= 15 is 0 Å². The van der Waals surface area contributed by atoms with Crippen LogP contribution in [0.2, 0.25) is 0 Å². The summed E-state index contributed by atoms with van der Waals surface area (Å²) in [6, 6.07) is 17.3. The van der Waals surface area contributed by atoms with Crippen LogP contribution in [0.1, 0.15) is 56.0 Å². The van der Waals surface area contributed by atoms with E-state index in [1.54, 1.807) is 79.4 Å². The Morgan fingerprint density at radius 3 is 2.40 bits per heavy atom. The summed E-state index contributed by atoms with van der Waals surface area (Å²) >= 11 is 0. The molecule has 0 fully saturated rings. The number of anilines is 2. The van der Waals surface area contributed by atoms with Gasteiger partial charge in [0.2, 0.25) is 0 Å². The number of rotatable bonds is 9. The van der Waals surface area contributed by atoms with Gasteiger partial charge in [0.05, 0.1) is 42.4 Å². The third-order valence-electron chi connectivity index (χ3n) is 8.78. The van der Waals surface area contributed by atoms with E-state index in [1.807, 2.05) is 20.8 Å². The number of carbonyl (C=O) groups is 2. The molecule has 0 bridgehead atoms. The van der Waals surface area contributed by atoms with Gasteiger partial charge in [-0.1, -0.05) is 24.6 Å². The number of urea groups is 1. The number of carbonyl (C=O) groups excluding carboxylic acids is 2. The third kappa shape index (κ3) is 10.3. The van der Waals surface area contributed by atoms with Crippen molar-refractivity contribution in [2.24, 2.45) is 5.92 Å². The average Bonchev–Trinajstić information content (AvgIpc) is 3.09. The zero-order chi connectivity index (χ0) is 36.4. The molecule has 0 unspecified atom stereocenters. The second-order valence-electron chi connectivity index (χ2n) is 13.0. The molecule has 1 aliphatic heterocycles. The van der Waals surface area contributed by atoms with E-state index in [4.69, 9.17) is 14.2 Å². The Kier molecular flexibility index (Phi) is 13.5. The van der Waals surface area contributed by atoms with Gasteiger partial charge in [-0.15, -0.1) is 0 Å². The minimum Gasteiger partial charge on any atom is -0.497 e. The Morgan fingerprint density at radius 1 is 1.06 bits per heavy atom. The Labute approximate surface area is 295 Å². The summed E-state index contributed by atoms with van der Waals surface area (Å²) in [6.45, 7) is 8.07. The Balaban J connectivity index is 1.61. The molecule has 3 aromatic rings. The van der Waals surface area contributed by atoms with Gasteiger partial charge in [0, 0.05) is 44.0 Å². The fourth-order valence-corrected chi connectivity index (χ4v) is 6.68. The molecule has 4 atom stereocenters. The highest BCUT2D eigenvalue weighted by Gasteiger charge is 2.31. The predicted octanol–water partition coefficient (Wildman–Crippen LogP) is 5.76. The smallest absolute Gasteiger partial charge is 0.321 e. The van der Waals surface area contributed by atoms with Crippen molar-refractivity contribution in [1.29, 1.82) is 0 Å². The first-order chi connectivity index (χ1) is 23.8. The molecule has 12 nitrogen and oxygen atoms in total. The fraction of sp³-hybridized carbons (Fsp3) is 0.459. The van der Waals surface area contributed by atoms with Crippen LogP contribution in [-0.2, 0) is 14.8 Å². The van der Waals surface area contributed by atoms with E-state index in [9.17, 15) is 23.1 Å². The van der Waals surface area contributed by atoms with Crippen LogP contribution in [0.15, 0.2) is 71.6 Å². The van der Waals surface area contributed by atoms with Crippen LogP contribution in [0.3, 0.4) is 0 Å². The van der Waals surface area contributed by atoms with Crippen LogP contribution in [0.25, 0.3) is 0 Å². The van der Waals surface area contributed by atoms with Crippen molar-refractivity contribution in [1.82, 2.24) is 9.80 Å². The molecular weight excluding hydrogens is 660 g/mol. The number of sulfonamides is 1. The maximum Gasteiger partial charge on any atom is 0.321 e. The number of methoxy groups -OCH3 is 1. The van der Waals surface area contributed by atoms with Crippen molar-refractivity contribution in [3.63, 3.8) is 0 Å². The highest BCUT2D eigenvalue weighted by Crippen LogP contribution is 2.30. The second kappa shape index (κ2) is 17.6. The standard InChI is InChI=1S/C37H50N4O8S/c1-25-10-17-32(18-11-25)50(45,46)39-30-14-19-34-33(21-30)36(43)41(27(3)24-42)22-26(2)35(48-20-8-7-9-28(4)49-34)23-40(5)37(44)38-29-12-15-31(47-6)16-13-29/h10-19,21,26-28,35,39,42H,7-9,20,22-24H2,1-6H3,(H,38,44)/t26-,27-,28-,35+/m0/s1. The topological polar surface area (TPSA) is 147 Å². The zero-order valence-electron chi connectivity index (χ0n) is 29.7. The molecule has 3 amide bonds. The number of aliphatic hydroxyl groups is 1. The molecule has 0 aliphatic carbocycles. The molecule has 0 radical (unpaired) electrons. The number of fused-ring (bicyclic) bond motifs is 1. The molecule has 0 saturated heterocycles. The Bertz CT molecular complexity index is 1680. The number of amides is 3. The molecular formula is C37H50N4O8S. The van der Waals surface area contributed by atoms with E-state index in [2.05, 4.69) is 10.0 Å². The second-order valence-corrected chi connectivity index (χ2v) is 14.7. The van der Waals surface area contributed by atoms with Gasteiger partial charge in [-0.3, -0.25) is 9.52 Å². The van der Waals surface area contributed by atoms with Crippen LogP contribution in [0.4, 0.5) is 16.2 Å². The zero-order valence-corrected chi connectivity index (χ0v) is 30.5. The lowest BCUT2D eigenvalue weighted by Crippen LogP contribution is -2.48. The predicted molar refractivity (Wildman–Crippen MR) is 194 cm³/mol. The Hall–Kier alpha value is -4.33. The van der Waals surface area contributed by atoms with Crippen LogP contribution in [0.5, 0.6) is 11.5 Å². The fourth-order valence-electron chi connectivity index (χ4n) is 5.63. The van der Waals surface area contributed by atoms with Crippen molar-refractivity contribution < 1.29 is 37.3 Å². The lowest BCUT2D eigenvalue weighted by molar-refractivity contribution is -0.0115. The molecule has 50 heavy (non-hydrogen) atoms. The molecule has 0 spiro atoms. The minimum absolute atomic E-state index is 0.0948. The van der Waals surface area contributed by atoms with E-state index in [0.29, 0.717) is 30.2 Å². The lowest BCUT2D eigenvalue weighted by Gasteiger charge is -2.35. The van der Waals surface area contributed by atoms with Crippen molar-refractivity contribution in [2.75, 3.05) is 50.5 Å². The summed E-state index contributed by atoms with van der Waals surface area (Å²) in [5, 5.41) is 13.1. The lowest BCUT2D eigenvalue weighted by atomic mass is 10.0. The van der Waals surface area contributed by atoms with Crippen molar-refractivity contribution >= 4 is 33.3 Å². The van der Waals surface area contributed by atoms with Crippen molar-refractivity contribution in [3.05, 3.63) is 77.9 Å². The molecule has 1 aliphatic rings. The monoisotopic (exact) mass is 710 g/mol. The number of nitrogens with zero attached hydrogens (tertiary/aromatic N) is 2. The normalized spacial score (nSPS) is 19.7. The van der Waals surface area contributed by atoms with Crippen molar-refractivity contribution in [2.45, 2.75) is 70.1 Å². The number of ether oxygens (including phenoxy) is 3. The quantitative estimate of drug-likeness (QED) is 0.254.